The van der Waals surface area contributed by atoms with Crippen molar-refractivity contribution in [2.24, 2.45) is 5.73 Å². The third-order valence-corrected chi connectivity index (χ3v) is 2.64. The third kappa shape index (κ3) is 3.94. The van der Waals surface area contributed by atoms with Crippen LogP contribution in [0, 0.1) is 0 Å². The Morgan fingerprint density at radius 1 is 1.30 bits per heavy atom. The van der Waals surface area contributed by atoms with E-state index in [1.807, 2.05) is 6.92 Å². The minimum atomic E-state index is -4.41. The predicted molar refractivity (Wildman–Crippen MR) is 70.4 cm³/mol. The highest BCUT2D eigenvalue weighted by atomic mass is 35.5. The van der Waals surface area contributed by atoms with Crippen LogP contribution in [0.3, 0.4) is 0 Å². The van der Waals surface area contributed by atoms with Gasteiger partial charge in [-0.15, -0.1) is 12.4 Å². The van der Waals surface area contributed by atoms with E-state index in [2.05, 4.69) is 10.1 Å². The number of nitrogens with two attached hydrogens (primary N) is 1. The highest BCUT2D eigenvalue weighted by Crippen LogP contribution is 2.27. The van der Waals surface area contributed by atoms with Gasteiger partial charge in [-0.3, -0.25) is 9.67 Å². The summed E-state index contributed by atoms with van der Waals surface area (Å²) in [6.07, 6.45) is 0.201. The lowest BCUT2D eigenvalue weighted by molar-refractivity contribution is -0.141. The van der Waals surface area contributed by atoms with E-state index in [1.165, 1.54) is 12.3 Å². The Bertz CT molecular complexity index is 549. The summed E-state index contributed by atoms with van der Waals surface area (Å²) >= 11 is 0. The first-order chi connectivity index (χ1) is 8.86. The number of pyridine rings is 1. The van der Waals surface area contributed by atoms with Crippen molar-refractivity contribution in [1.29, 1.82) is 0 Å². The maximum atomic E-state index is 12.3. The van der Waals surface area contributed by atoms with Gasteiger partial charge in [0.25, 0.3) is 0 Å². The van der Waals surface area contributed by atoms with Crippen molar-refractivity contribution in [3.8, 4) is 0 Å². The van der Waals surface area contributed by atoms with Gasteiger partial charge in [-0.2, -0.15) is 18.3 Å². The predicted octanol–water partition coefficient (Wildman–Crippen LogP) is 2.79. The van der Waals surface area contributed by atoms with Crippen molar-refractivity contribution in [2.45, 2.75) is 25.7 Å². The molecule has 0 saturated heterocycles. The number of hydrogen-bond donors (Lipinski definition) is 1. The zero-order valence-electron chi connectivity index (χ0n) is 10.6. The molecule has 1 atom stereocenters. The van der Waals surface area contributed by atoms with E-state index < -0.39 is 11.9 Å². The summed E-state index contributed by atoms with van der Waals surface area (Å²) < 4.78 is 38.6. The fraction of sp³-hybridized carbons (Fsp3) is 0.333. The molecule has 2 heterocycles. The zero-order valence-corrected chi connectivity index (χ0v) is 11.4. The molecule has 0 spiro atoms. The number of aromatic nitrogens is 3. The molecule has 2 rings (SSSR count). The van der Waals surface area contributed by atoms with Crippen molar-refractivity contribution in [3.05, 3.63) is 47.5 Å². The van der Waals surface area contributed by atoms with E-state index in [-0.39, 0.29) is 18.4 Å². The molecule has 4 nitrogen and oxygen atoms in total. The Balaban J connectivity index is 0.00000200. The molecule has 0 saturated carbocycles. The molecular formula is C12H14ClF3N4. The van der Waals surface area contributed by atoms with Gasteiger partial charge in [-0.05, 0) is 18.6 Å². The molecular weight excluding hydrogens is 293 g/mol. The Kier molecular flexibility index (Phi) is 5.13. The van der Waals surface area contributed by atoms with E-state index in [0.717, 1.165) is 11.6 Å². The topological polar surface area (TPSA) is 56.7 Å². The van der Waals surface area contributed by atoms with Gasteiger partial charge in [0.05, 0.1) is 12.7 Å². The first-order valence-corrected chi connectivity index (χ1v) is 5.66. The minimum absolute atomic E-state index is 0. The lowest BCUT2D eigenvalue weighted by Crippen LogP contribution is -2.08. The average Bonchev–Trinajstić information content (AvgIpc) is 2.77. The third-order valence-electron chi connectivity index (χ3n) is 2.64. The summed E-state index contributed by atoms with van der Waals surface area (Å²) in [6, 6.07) is 2.23. The van der Waals surface area contributed by atoms with Gasteiger partial charge in [0.2, 0.25) is 0 Å². The first kappa shape index (κ1) is 16.5. The molecule has 20 heavy (non-hydrogen) atoms. The van der Waals surface area contributed by atoms with Crippen molar-refractivity contribution in [2.75, 3.05) is 0 Å². The molecule has 0 bridgehead atoms. The van der Waals surface area contributed by atoms with E-state index in [4.69, 9.17) is 5.73 Å². The van der Waals surface area contributed by atoms with Crippen LogP contribution in [-0.2, 0) is 12.7 Å². The molecule has 0 aliphatic carbocycles. The van der Waals surface area contributed by atoms with Gasteiger partial charge in [-0.1, -0.05) is 6.07 Å². The number of nitrogens with zero attached hydrogens (tertiary/aromatic N) is 3. The minimum Gasteiger partial charge on any atom is -0.324 e. The molecule has 0 radical (unpaired) electrons. The first-order valence-electron chi connectivity index (χ1n) is 5.66. The standard InChI is InChI=1S/C12H13F3N4.ClH/c1-8(16)10-5-18-19(7-10)6-9-2-3-11(17-4-9)12(13,14)15;/h2-5,7-8H,6,16H2,1H3;1H. The van der Waals surface area contributed by atoms with Crippen LogP contribution in [0.1, 0.15) is 29.8 Å². The lowest BCUT2D eigenvalue weighted by Gasteiger charge is -2.06. The van der Waals surface area contributed by atoms with Crippen molar-refractivity contribution in [1.82, 2.24) is 14.8 Å². The van der Waals surface area contributed by atoms with Gasteiger partial charge in [-0.25, -0.2) is 0 Å². The molecule has 0 aromatic carbocycles. The zero-order chi connectivity index (χ0) is 14.0. The van der Waals surface area contributed by atoms with Crippen LogP contribution in [0.2, 0.25) is 0 Å². The summed E-state index contributed by atoms with van der Waals surface area (Å²) in [6.45, 7) is 2.19. The summed E-state index contributed by atoms with van der Waals surface area (Å²) in [5.41, 5.74) is 6.32. The Morgan fingerprint density at radius 2 is 2.00 bits per heavy atom. The summed E-state index contributed by atoms with van der Waals surface area (Å²) in [5.74, 6) is 0. The molecule has 0 aliphatic rings. The molecule has 110 valence electrons. The Labute approximate surface area is 120 Å². The molecule has 0 fully saturated rings. The lowest BCUT2D eigenvalue weighted by atomic mass is 10.2. The second-order valence-corrected chi connectivity index (χ2v) is 4.31. The molecule has 2 N–H and O–H groups in total. The number of halogens is 4. The van der Waals surface area contributed by atoms with Gasteiger partial charge in [0.15, 0.2) is 0 Å². The average molecular weight is 307 g/mol. The van der Waals surface area contributed by atoms with Gasteiger partial charge in [0.1, 0.15) is 5.69 Å². The molecule has 0 amide bonds. The molecule has 2 aromatic rings. The monoisotopic (exact) mass is 306 g/mol. The highest BCUT2D eigenvalue weighted by Gasteiger charge is 2.31. The molecule has 8 heteroatoms. The van der Waals surface area contributed by atoms with Crippen LogP contribution in [0.15, 0.2) is 30.7 Å². The van der Waals surface area contributed by atoms with E-state index in [0.29, 0.717) is 12.1 Å². The van der Waals surface area contributed by atoms with E-state index >= 15 is 0 Å². The summed E-state index contributed by atoms with van der Waals surface area (Å²) in [7, 11) is 0. The van der Waals surface area contributed by atoms with Gasteiger partial charge < -0.3 is 5.73 Å². The summed E-state index contributed by atoms with van der Waals surface area (Å²) in [5, 5.41) is 4.09. The van der Waals surface area contributed by atoms with Crippen molar-refractivity contribution < 1.29 is 13.2 Å². The highest BCUT2D eigenvalue weighted by molar-refractivity contribution is 5.85. The normalized spacial score (nSPS) is 12.8. The maximum Gasteiger partial charge on any atom is 0.433 e. The second-order valence-electron chi connectivity index (χ2n) is 4.31. The molecule has 1 unspecified atom stereocenters. The van der Waals surface area contributed by atoms with Gasteiger partial charge in [0, 0.05) is 24.0 Å². The van der Waals surface area contributed by atoms with Crippen molar-refractivity contribution in [3.63, 3.8) is 0 Å². The van der Waals surface area contributed by atoms with E-state index in [9.17, 15) is 13.2 Å². The van der Waals surface area contributed by atoms with Crippen LogP contribution in [0.4, 0.5) is 13.2 Å². The van der Waals surface area contributed by atoms with Crippen LogP contribution < -0.4 is 5.73 Å². The molecule has 2 aromatic heterocycles. The largest absolute Gasteiger partial charge is 0.433 e. The summed E-state index contributed by atoms with van der Waals surface area (Å²) in [4.78, 5) is 3.40. The second kappa shape index (κ2) is 6.23. The van der Waals surface area contributed by atoms with Crippen molar-refractivity contribution >= 4 is 12.4 Å². The Hall–Kier alpha value is -1.60. The maximum absolute atomic E-state index is 12.3. The van der Waals surface area contributed by atoms with E-state index in [1.54, 1.807) is 17.1 Å². The number of rotatable bonds is 3. The van der Waals surface area contributed by atoms with Crippen LogP contribution >= 0.6 is 12.4 Å². The smallest absolute Gasteiger partial charge is 0.324 e. The fourth-order valence-corrected chi connectivity index (χ4v) is 1.57. The Morgan fingerprint density at radius 3 is 2.45 bits per heavy atom. The quantitative estimate of drug-likeness (QED) is 0.948. The van der Waals surface area contributed by atoms with Gasteiger partial charge >= 0.3 is 6.18 Å². The molecule has 0 aliphatic heterocycles. The number of alkyl halides is 3. The van der Waals surface area contributed by atoms with Crippen LogP contribution in [0.5, 0.6) is 0 Å². The van der Waals surface area contributed by atoms with Crippen LogP contribution in [-0.4, -0.2) is 14.8 Å². The van der Waals surface area contributed by atoms with Crippen LogP contribution in [0.25, 0.3) is 0 Å². The SMILES string of the molecule is CC(N)c1cnn(Cc2ccc(C(F)(F)F)nc2)c1.Cl. The fourth-order valence-electron chi connectivity index (χ4n) is 1.57. The number of hydrogen-bond acceptors (Lipinski definition) is 3.